The van der Waals surface area contributed by atoms with Crippen LogP contribution in [0.5, 0.6) is 0 Å². The first-order chi connectivity index (χ1) is 15.4. The van der Waals surface area contributed by atoms with E-state index in [0.29, 0.717) is 6.42 Å². The molecule has 2 heterocycles. The van der Waals surface area contributed by atoms with Crippen LogP contribution in [0.1, 0.15) is 39.5 Å². The van der Waals surface area contributed by atoms with Crippen molar-refractivity contribution in [2.24, 2.45) is 0 Å². The van der Waals surface area contributed by atoms with Gasteiger partial charge in [0.15, 0.2) is 0 Å². The Bertz CT molecular complexity index is 1210. The van der Waals surface area contributed by atoms with Crippen molar-refractivity contribution in [1.82, 2.24) is 9.80 Å². The van der Waals surface area contributed by atoms with E-state index in [1.54, 1.807) is 0 Å². The van der Waals surface area contributed by atoms with Crippen LogP contribution in [0, 0.1) is 13.8 Å². The summed E-state index contributed by atoms with van der Waals surface area (Å²) in [5.41, 5.74) is 4.80. The van der Waals surface area contributed by atoms with Crippen LogP contribution in [0.15, 0.2) is 54.6 Å². The molecule has 5 nitrogen and oxygen atoms in total. The molecule has 5 rings (SSSR count). The standard InChI is InChI=1S/C27H29N3O2.ClH/c1-18-15-22-23(16-19(18)2)27(32)30(24-10-6-8-20-7-4-5-9-21(20)24)25(22)17-26(31)29-13-11-28(3)12-14-29;/h4-10,15-16,25H,11-14,17H2,1-3H3;1H. The largest absolute Gasteiger partial charge is 0.340 e. The first-order valence-corrected chi connectivity index (χ1v) is 11.3. The van der Waals surface area contributed by atoms with E-state index in [0.717, 1.165) is 64.9 Å². The fourth-order valence-electron chi connectivity index (χ4n) is 4.96. The van der Waals surface area contributed by atoms with E-state index >= 15 is 0 Å². The zero-order valence-electron chi connectivity index (χ0n) is 19.4. The van der Waals surface area contributed by atoms with Crippen molar-refractivity contribution in [3.63, 3.8) is 0 Å². The van der Waals surface area contributed by atoms with E-state index in [2.05, 4.69) is 43.1 Å². The molecular weight excluding hydrogens is 434 g/mol. The van der Waals surface area contributed by atoms with E-state index in [-0.39, 0.29) is 30.3 Å². The van der Waals surface area contributed by atoms with Gasteiger partial charge in [-0.05, 0) is 55.1 Å². The number of amides is 2. The number of piperazine rings is 1. The number of likely N-dealkylation sites (N-methyl/N-ethyl adjacent to an activating group) is 1. The molecule has 172 valence electrons. The lowest BCUT2D eigenvalue weighted by molar-refractivity contribution is -0.133. The van der Waals surface area contributed by atoms with Gasteiger partial charge in [-0.1, -0.05) is 42.5 Å². The Morgan fingerprint density at radius 1 is 0.939 bits per heavy atom. The van der Waals surface area contributed by atoms with Gasteiger partial charge in [0, 0.05) is 37.1 Å². The number of hydrogen-bond acceptors (Lipinski definition) is 3. The topological polar surface area (TPSA) is 43.9 Å². The fourth-order valence-corrected chi connectivity index (χ4v) is 4.96. The third-order valence-corrected chi connectivity index (χ3v) is 7.04. The summed E-state index contributed by atoms with van der Waals surface area (Å²) in [4.78, 5) is 33.1. The van der Waals surface area contributed by atoms with Gasteiger partial charge in [0.25, 0.3) is 5.91 Å². The van der Waals surface area contributed by atoms with Gasteiger partial charge >= 0.3 is 0 Å². The number of rotatable bonds is 3. The van der Waals surface area contributed by atoms with Gasteiger partial charge in [-0.2, -0.15) is 0 Å². The molecule has 3 aromatic carbocycles. The monoisotopic (exact) mass is 463 g/mol. The number of carbonyl (C=O) groups is 2. The highest BCUT2D eigenvalue weighted by atomic mass is 35.5. The summed E-state index contributed by atoms with van der Waals surface area (Å²) >= 11 is 0. The summed E-state index contributed by atoms with van der Waals surface area (Å²) in [7, 11) is 2.08. The molecule has 1 unspecified atom stereocenters. The van der Waals surface area contributed by atoms with E-state index < -0.39 is 0 Å². The Kier molecular flexibility index (Phi) is 6.46. The van der Waals surface area contributed by atoms with Crippen LogP contribution in [-0.2, 0) is 4.79 Å². The van der Waals surface area contributed by atoms with Crippen molar-refractivity contribution in [1.29, 1.82) is 0 Å². The van der Waals surface area contributed by atoms with E-state index in [4.69, 9.17) is 0 Å². The zero-order chi connectivity index (χ0) is 22.4. The number of benzene rings is 3. The Balaban J connectivity index is 0.00000259. The van der Waals surface area contributed by atoms with Gasteiger partial charge in [-0.3, -0.25) is 14.5 Å². The van der Waals surface area contributed by atoms with Crippen LogP contribution in [0.25, 0.3) is 10.8 Å². The quantitative estimate of drug-likeness (QED) is 0.563. The van der Waals surface area contributed by atoms with Crippen LogP contribution in [0.3, 0.4) is 0 Å². The summed E-state index contributed by atoms with van der Waals surface area (Å²) < 4.78 is 0. The predicted molar refractivity (Wildman–Crippen MR) is 135 cm³/mol. The lowest BCUT2D eigenvalue weighted by Gasteiger charge is -2.34. The normalized spacial score (nSPS) is 18.4. The molecule has 0 aromatic heterocycles. The molecule has 1 fully saturated rings. The molecule has 2 aliphatic heterocycles. The van der Waals surface area contributed by atoms with Crippen molar-refractivity contribution in [3.05, 3.63) is 76.9 Å². The van der Waals surface area contributed by atoms with Crippen LogP contribution in [-0.4, -0.2) is 54.8 Å². The number of hydrogen-bond donors (Lipinski definition) is 0. The highest BCUT2D eigenvalue weighted by Gasteiger charge is 2.40. The molecule has 3 aromatic rings. The molecule has 2 aliphatic rings. The summed E-state index contributed by atoms with van der Waals surface area (Å²) in [6.07, 6.45) is 0.300. The van der Waals surface area contributed by atoms with Gasteiger partial charge in [0.1, 0.15) is 0 Å². The molecule has 0 spiro atoms. The minimum absolute atomic E-state index is 0. The molecule has 0 N–H and O–H groups in total. The average molecular weight is 464 g/mol. The third kappa shape index (κ3) is 4.11. The number of anilines is 1. The highest BCUT2D eigenvalue weighted by Crippen LogP contribution is 2.43. The van der Waals surface area contributed by atoms with Gasteiger partial charge in [-0.15, -0.1) is 12.4 Å². The van der Waals surface area contributed by atoms with Crippen LogP contribution < -0.4 is 4.90 Å². The maximum atomic E-state index is 13.7. The van der Waals surface area contributed by atoms with Crippen molar-refractivity contribution >= 4 is 40.7 Å². The number of aryl methyl sites for hydroxylation is 2. The summed E-state index contributed by atoms with van der Waals surface area (Å²) in [5, 5.41) is 2.12. The average Bonchev–Trinajstić information content (AvgIpc) is 3.04. The maximum absolute atomic E-state index is 13.7. The van der Waals surface area contributed by atoms with E-state index in [9.17, 15) is 9.59 Å². The Morgan fingerprint density at radius 3 is 2.36 bits per heavy atom. The minimum Gasteiger partial charge on any atom is -0.340 e. The molecule has 6 heteroatoms. The predicted octanol–water partition coefficient (Wildman–Crippen LogP) is 4.74. The summed E-state index contributed by atoms with van der Waals surface area (Å²) in [5.74, 6) is 0.0999. The van der Waals surface area contributed by atoms with Crippen LogP contribution in [0.2, 0.25) is 0 Å². The van der Waals surface area contributed by atoms with Gasteiger partial charge in [0.05, 0.1) is 18.2 Å². The second-order valence-electron chi connectivity index (χ2n) is 9.10. The smallest absolute Gasteiger partial charge is 0.259 e. The Morgan fingerprint density at radius 2 is 1.61 bits per heavy atom. The van der Waals surface area contributed by atoms with Gasteiger partial charge in [-0.25, -0.2) is 0 Å². The summed E-state index contributed by atoms with van der Waals surface area (Å²) in [6.45, 7) is 7.36. The Labute approximate surface area is 201 Å². The van der Waals surface area contributed by atoms with Gasteiger partial charge in [0.2, 0.25) is 5.91 Å². The lowest BCUT2D eigenvalue weighted by Crippen LogP contribution is -2.47. The number of halogens is 1. The van der Waals surface area contributed by atoms with Crippen molar-refractivity contribution < 1.29 is 9.59 Å². The maximum Gasteiger partial charge on any atom is 0.259 e. The Hall–Kier alpha value is -2.89. The van der Waals surface area contributed by atoms with Crippen LogP contribution in [0.4, 0.5) is 5.69 Å². The van der Waals surface area contributed by atoms with Crippen LogP contribution >= 0.6 is 12.4 Å². The highest BCUT2D eigenvalue weighted by molar-refractivity contribution is 6.15. The zero-order valence-corrected chi connectivity index (χ0v) is 20.2. The first kappa shape index (κ1) is 23.3. The molecule has 0 aliphatic carbocycles. The number of carbonyl (C=O) groups excluding carboxylic acids is 2. The molecule has 0 radical (unpaired) electrons. The van der Waals surface area contributed by atoms with Gasteiger partial charge < -0.3 is 9.80 Å². The minimum atomic E-state index is -0.297. The fraction of sp³-hybridized carbons (Fsp3) is 0.333. The summed E-state index contributed by atoms with van der Waals surface area (Å²) in [6, 6.07) is 18.0. The first-order valence-electron chi connectivity index (χ1n) is 11.3. The van der Waals surface area contributed by atoms with Crippen molar-refractivity contribution in [3.8, 4) is 0 Å². The van der Waals surface area contributed by atoms with E-state index in [1.165, 1.54) is 0 Å². The molecule has 0 bridgehead atoms. The number of nitrogens with zero attached hydrogens (tertiary/aromatic N) is 3. The number of fused-ring (bicyclic) bond motifs is 2. The molecular formula is C27H30ClN3O2. The van der Waals surface area contributed by atoms with Crippen molar-refractivity contribution in [2.75, 3.05) is 38.1 Å². The molecule has 1 saturated heterocycles. The SMILES string of the molecule is Cc1cc2c(cc1C)C(CC(=O)N1CCN(C)CC1)N(c1cccc3ccccc13)C2=O.Cl. The second kappa shape index (κ2) is 9.16. The van der Waals surface area contributed by atoms with Crippen molar-refractivity contribution in [2.45, 2.75) is 26.3 Å². The van der Waals surface area contributed by atoms with E-state index in [1.807, 2.05) is 47.1 Å². The lowest BCUT2D eigenvalue weighted by atomic mass is 9.96. The molecule has 2 amide bonds. The molecule has 1 atom stereocenters. The second-order valence-corrected chi connectivity index (χ2v) is 9.10. The molecule has 33 heavy (non-hydrogen) atoms. The molecule has 0 saturated carbocycles. The third-order valence-electron chi connectivity index (χ3n) is 7.04.